The number of carbonyl (C=O) groups is 1. The van der Waals surface area contributed by atoms with E-state index in [-0.39, 0.29) is 17.9 Å². The first kappa shape index (κ1) is 15.4. The molecule has 16 heavy (non-hydrogen) atoms. The lowest BCUT2D eigenvalue weighted by atomic mass is 9.88. The number of rotatable bonds is 8. The summed E-state index contributed by atoms with van der Waals surface area (Å²) in [7, 11) is 3.91. The summed E-state index contributed by atoms with van der Waals surface area (Å²) < 4.78 is 0. The molecule has 0 saturated carbocycles. The van der Waals surface area contributed by atoms with Crippen molar-refractivity contribution in [3.8, 4) is 0 Å². The predicted octanol–water partition coefficient (Wildman–Crippen LogP) is 0.853. The molecule has 0 heterocycles. The lowest BCUT2D eigenvalue weighted by Crippen LogP contribution is -2.35. The van der Waals surface area contributed by atoms with E-state index in [9.17, 15) is 4.79 Å². The van der Waals surface area contributed by atoms with Crippen LogP contribution < -0.4 is 5.32 Å². The maximum Gasteiger partial charge on any atom is 0.221 e. The van der Waals surface area contributed by atoms with Crippen molar-refractivity contribution in [2.45, 2.75) is 33.1 Å². The van der Waals surface area contributed by atoms with Gasteiger partial charge in [0.1, 0.15) is 0 Å². The third-order valence-corrected chi connectivity index (χ3v) is 2.56. The van der Waals surface area contributed by atoms with Crippen LogP contribution in [-0.4, -0.2) is 49.7 Å². The lowest BCUT2D eigenvalue weighted by Gasteiger charge is -2.24. The molecule has 0 aliphatic carbocycles. The summed E-state index contributed by atoms with van der Waals surface area (Å²) >= 11 is 0. The largest absolute Gasteiger partial charge is 0.396 e. The first-order valence-corrected chi connectivity index (χ1v) is 5.90. The maximum atomic E-state index is 11.5. The average Bonchev–Trinajstić information content (AvgIpc) is 2.21. The fourth-order valence-corrected chi connectivity index (χ4v) is 1.40. The molecule has 0 aromatic carbocycles. The molecule has 0 radical (unpaired) electrons. The second-order valence-corrected chi connectivity index (χ2v) is 5.32. The number of aliphatic hydroxyl groups excluding tert-OH is 1. The van der Waals surface area contributed by atoms with Crippen LogP contribution in [0.4, 0.5) is 0 Å². The molecule has 0 spiro atoms. The normalized spacial score (nSPS) is 11.9. The third kappa shape index (κ3) is 8.68. The molecular formula is C12H26N2O2. The van der Waals surface area contributed by atoms with Gasteiger partial charge in [-0.3, -0.25) is 4.79 Å². The zero-order valence-electron chi connectivity index (χ0n) is 11.0. The summed E-state index contributed by atoms with van der Waals surface area (Å²) in [4.78, 5) is 13.5. The molecule has 2 N–H and O–H groups in total. The summed E-state index contributed by atoms with van der Waals surface area (Å²) in [5.41, 5.74) is 0.0660. The Labute approximate surface area is 99.0 Å². The van der Waals surface area contributed by atoms with Crippen LogP contribution in [0.15, 0.2) is 0 Å². The number of aliphatic hydroxyl groups is 1. The van der Waals surface area contributed by atoms with Crippen molar-refractivity contribution in [3.63, 3.8) is 0 Å². The highest BCUT2D eigenvalue weighted by molar-refractivity contribution is 5.76. The molecule has 4 nitrogen and oxygen atoms in total. The van der Waals surface area contributed by atoms with Gasteiger partial charge in [-0.05, 0) is 32.4 Å². The Morgan fingerprint density at radius 1 is 1.38 bits per heavy atom. The van der Waals surface area contributed by atoms with Gasteiger partial charge in [0.2, 0.25) is 5.91 Å². The van der Waals surface area contributed by atoms with Gasteiger partial charge in [0.15, 0.2) is 0 Å². The number of hydrogen-bond donors (Lipinski definition) is 2. The summed E-state index contributed by atoms with van der Waals surface area (Å²) in [5, 5.41) is 11.7. The zero-order chi connectivity index (χ0) is 12.6. The van der Waals surface area contributed by atoms with Gasteiger partial charge >= 0.3 is 0 Å². The number of amides is 1. The van der Waals surface area contributed by atoms with E-state index < -0.39 is 0 Å². The minimum absolute atomic E-state index is 0.0660. The van der Waals surface area contributed by atoms with Crippen molar-refractivity contribution in [3.05, 3.63) is 0 Å². The third-order valence-electron chi connectivity index (χ3n) is 2.56. The smallest absolute Gasteiger partial charge is 0.221 e. The zero-order valence-corrected chi connectivity index (χ0v) is 11.0. The maximum absolute atomic E-state index is 11.5. The average molecular weight is 230 g/mol. The molecule has 0 aliphatic heterocycles. The Bertz CT molecular complexity index is 203. The molecule has 0 unspecified atom stereocenters. The monoisotopic (exact) mass is 230 g/mol. The van der Waals surface area contributed by atoms with Gasteiger partial charge in [0.05, 0.1) is 0 Å². The molecule has 0 atom stereocenters. The van der Waals surface area contributed by atoms with Gasteiger partial charge in [-0.1, -0.05) is 13.8 Å². The van der Waals surface area contributed by atoms with Gasteiger partial charge in [-0.15, -0.1) is 0 Å². The van der Waals surface area contributed by atoms with Crippen molar-refractivity contribution in [1.29, 1.82) is 0 Å². The highest BCUT2D eigenvalue weighted by Gasteiger charge is 2.18. The molecule has 0 aliphatic rings. The standard InChI is InChI=1S/C12H26N2O2/c1-12(2,7-5-9-15)10-13-11(16)6-8-14(3)4/h15H,5-10H2,1-4H3,(H,13,16). The predicted molar refractivity (Wildman–Crippen MR) is 66.3 cm³/mol. The minimum atomic E-state index is 0.0660. The lowest BCUT2D eigenvalue weighted by molar-refractivity contribution is -0.121. The Morgan fingerprint density at radius 3 is 2.50 bits per heavy atom. The molecule has 0 aromatic rings. The molecule has 4 heteroatoms. The number of nitrogens with one attached hydrogen (secondary N) is 1. The van der Waals surface area contributed by atoms with Crippen LogP contribution in [0.5, 0.6) is 0 Å². The summed E-state index contributed by atoms with van der Waals surface area (Å²) in [6, 6.07) is 0. The van der Waals surface area contributed by atoms with E-state index in [1.807, 2.05) is 19.0 Å². The molecule has 0 fully saturated rings. The van der Waals surface area contributed by atoms with E-state index in [4.69, 9.17) is 5.11 Å². The minimum Gasteiger partial charge on any atom is -0.396 e. The van der Waals surface area contributed by atoms with E-state index in [2.05, 4.69) is 19.2 Å². The van der Waals surface area contributed by atoms with Crippen LogP contribution >= 0.6 is 0 Å². The summed E-state index contributed by atoms with van der Waals surface area (Å²) in [5.74, 6) is 0.103. The van der Waals surface area contributed by atoms with Gasteiger partial charge in [0.25, 0.3) is 0 Å². The summed E-state index contributed by atoms with van der Waals surface area (Å²) in [6.45, 7) is 5.89. The Morgan fingerprint density at radius 2 is 2.00 bits per heavy atom. The van der Waals surface area contributed by atoms with Crippen LogP contribution in [-0.2, 0) is 4.79 Å². The van der Waals surface area contributed by atoms with Gasteiger partial charge in [-0.25, -0.2) is 0 Å². The molecular weight excluding hydrogens is 204 g/mol. The van der Waals surface area contributed by atoms with E-state index >= 15 is 0 Å². The van der Waals surface area contributed by atoms with Crippen molar-refractivity contribution >= 4 is 5.91 Å². The highest BCUT2D eigenvalue weighted by atomic mass is 16.2. The number of hydrogen-bond acceptors (Lipinski definition) is 3. The van der Waals surface area contributed by atoms with Gasteiger partial charge < -0.3 is 15.3 Å². The number of nitrogens with zero attached hydrogens (tertiary/aromatic N) is 1. The second-order valence-electron chi connectivity index (χ2n) is 5.32. The summed E-state index contributed by atoms with van der Waals surface area (Å²) in [6.07, 6.45) is 2.26. The van der Waals surface area contributed by atoms with E-state index in [1.165, 1.54) is 0 Å². The Hall–Kier alpha value is -0.610. The first-order valence-electron chi connectivity index (χ1n) is 5.90. The Kier molecular flexibility index (Phi) is 7.34. The first-order chi connectivity index (χ1) is 7.37. The van der Waals surface area contributed by atoms with Crippen molar-refractivity contribution in [1.82, 2.24) is 10.2 Å². The molecule has 0 rings (SSSR count). The quantitative estimate of drug-likeness (QED) is 0.650. The van der Waals surface area contributed by atoms with E-state index in [0.717, 1.165) is 19.4 Å². The van der Waals surface area contributed by atoms with E-state index in [0.29, 0.717) is 13.0 Å². The van der Waals surface area contributed by atoms with E-state index in [1.54, 1.807) is 0 Å². The van der Waals surface area contributed by atoms with Gasteiger partial charge in [0, 0.05) is 26.1 Å². The van der Waals surface area contributed by atoms with Crippen molar-refractivity contribution < 1.29 is 9.90 Å². The second kappa shape index (κ2) is 7.63. The van der Waals surface area contributed by atoms with Crippen LogP contribution in [0.25, 0.3) is 0 Å². The van der Waals surface area contributed by atoms with Crippen LogP contribution in [0.2, 0.25) is 0 Å². The molecule has 0 aromatic heterocycles. The molecule has 96 valence electrons. The molecule has 1 amide bonds. The van der Waals surface area contributed by atoms with Crippen LogP contribution in [0.3, 0.4) is 0 Å². The highest BCUT2D eigenvalue weighted by Crippen LogP contribution is 2.20. The topological polar surface area (TPSA) is 52.6 Å². The number of carbonyl (C=O) groups excluding carboxylic acids is 1. The van der Waals surface area contributed by atoms with Crippen LogP contribution in [0.1, 0.15) is 33.1 Å². The van der Waals surface area contributed by atoms with Gasteiger partial charge in [-0.2, -0.15) is 0 Å². The van der Waals surface area contributed by atoms with Crippen LogP contribution in [0, 0.1) is 5.41 Å². The Balaban J connectivity index is 3.72. The SMILES string of the molecule is CN(C)CCC(=O)NCC(C)(C)CCCO. The fourth-order valence-electron chi connectivity index (χ4n) is 1.40. The fraction of sp³-hybridized carbons (Fsp3) is 0.917. The molecule has 0 saturated heterocycles. The molecule has 0 bridgehead atoms. The van der Waals surface area contributed by atoms with Crippen molar-refractivity contribution in [2.24, 2.45) is 5.41 Å². The van der Waals surface area contributed by atoms with Crippen molar-refractivity contribution in [2.75, 3.05) is 33.8 Å².